The monoisotopic (exact) mass is 317 g/mol. The minimum absolute atomic E-state index is 0.111. The molecule has 114 valence electrons. The van der Waals surface area contributed by atoms with Crippen molar-refractivity contribution < 1.29 is 13.5 Å². The SMILES string of the molecule is CCC1(CNS(=O)(=O)c2cc(CO)sc2C)CCCC1. The van der Waals surface area contributed by atoms with Crippen LogP contribution in [0.5, 0.6) is 0 Å². The molecule has 1 aromatic rings. The van der Waals surface area contributed by atoms with E-state index in [1.54, 1.807) is 13.0 Å². The van der Waals surface area contributed by atoms with Gasteiger partial charge in [-0.15, -0.1) is 11.3 Å². The Bertz CT molecular complexity index is 557. The molecule has 0 atom stereocenters. The van der Waals surface area contributed by atoms with Crippen LogP contribution in [-0.2, 0) is 16.6 Å². The van der Waals surface area contributed by atoms with Crippen molar-refractivity contribution in [3.05, 3.63) is 15.8 Å². The number of aliphatic hydroxyl groups excluding tert-OH is 1. The Balaban J connectivity index is 2.12. The van der Waals surface area contributed by atoms with Gasteiger partial charge in [-0.25, -0.2) is 13.1 Å². The van der Waals surface area contributed by atoms with Gasteiger partial charge >= 0.3 is 0 Å². The molecule has 0 unspecified atom stereocenters. The van der Waals surface area contributed by atoms with E-state index in [2.05, 4.69) is 11.6 Å². The summed E-state index contributed by atoms with van der Waals surface area (Å²) in [5, 5.41) is 9.12. The van der Waals surface area contributed by atoms with Gasteiger partial charge in [-0.3, -0.25) is 0 Å². The zero-order valence-corrected chi connectivity index (χ0v) is 13.7. The first kappa shape index (κ1) is 15.9. The molecule has 4 nitrogen and oxygen atoms in total. The van der Waals surface area contributed by atoms with Crippen LogP contribution in [0.15, 0.2) is 11.0 Å². The predicted octanol–water partition coefficient (Wildman–Crippen LogP) is 2.80. The van der Waals surface area contributed by atoms with Crippen molar-refractivity contribution in [3.8, 4) is 0 Å². The minimum atomic E-state index is -3.47. The van der Waals surface area contributed by atoms with E-state index in [0.29, 0.717) is 16.3 Å². The van der Waals surface area contributed by atoms with Gasteiger partial charge in [0.15, 0.2) is 0 Å². The first-order chi connectivity index (χ1) is 9.42. The topological polar surface area (TPSA) is 66.4 Å². The molecule has 1 aliphatic carbocycles. The summed E-state index contributed by atoms with van der Waals surface area (Å²) >= 11 is 1.34. The third kappa shape index (κ3) is 3.24. The average molecular weight is 317 g/mol. The molecule has 0 aromatic carbocycles. The minimum Gasteiger partial charge on any atom is -0.391 e. The zero-order valence-electron chi connectivity index (χ0n) is 12.1. The van der Waals surface area contributed by atoms with Crippen LogP contribution in [0.2, 0.25) is 0 Å². The molecule has 0 saturated heterocycles. The normalized spacial score (nSPS) is 18.6. The smallest absolute Gasteiger partial charge is 0.241 e. The fourth-order valence-electron chi connectivity index (χ4n) is 2.98. The van der Waals surface area contributed by atoms with Crippen molar-refractivity contribution >= 4 is 21.4 Å². The Labute approximate surface area is 125 Å². The summed E-state index contributed by atoms with van der Waals surface area (Å²) in [6.45, 7) is 4.33. The number of aliphatic hydroxyl groups is 1. The van der Waals surface area contributed by atoms with E-state index in [1.165, 1.54) is 24.2 Å². The first-order valence-corrected chi connectivity index (χ1v) is 9.42. The van der Waals surface area contributed by atoms with Gasteiger partial charge in [0.25, 0.3) is 0 Å². The molecule has 0 spiro atoms. The second kappa shape index (κ2) is 6.13. The first-order valence-electron chi connectivity index (χ1n) is 7.12. The van der Waals surface area contributed by atoms with Crippen LogP contribution in [0, 0.1) is 12.3 Å². The summed E-state index contributed by atoms with van der Waals surface area (Å²) in [7, 11) is -3.47. The van der Waals surface area contributed by atoms with Crippen LogP contribution in [0.1, 0.15) is 48.8 Å². The van der Waals surface area contributed by atoms with Gasteiger partial charge in [-0.05, 0) is 37.7 Å². The Hall–Kier alpha value is -0.430. The van der Waals surface area contributed by atoms with Gasteiger partial charge in [0.1, 0.15) is 0 Å². The summed E-state index contributed by atoms with van der Waals surface area (Å²) in [5.41, 5.74) is 0.136. The Kier molecular flexibility index (Phi) is 4.89. The predicted molar refractivity (Wildman–Crippen MR) is 81.4 cm³/mol. The number of rotatable bonds is 6. The van der Waals surface area contributed by atoms with Gasteiger partial charge < -0.3 is 5.11 Å². The van der Waals surface area contributed by atoms with E-state index in [-0.39, 0.29) is 12.0 Å². The largest absolute Gasteiger partial charge is 0.391 e. The highest BCUT2D eigenvalue weighted by atomic mass is 32.2. The highest BCUT2D eigenvalue weighted by Gasteiger charge is 2.33. The molecule has 1 fully saturated rings. The van der Waals surface area contributed by atoms with E-state index in [0.717, 1.165) is 24.1 Å². The quantitative estimate of drug-likeness (QED) is 0.848. The van der Waals surface area contributed by atoms with Gasteiger partial charge in [0.05, 0.1) is 11.5 Å². The summed E-state index contributed by atoms with van der Waals surface area (Å²) in [4.78, 5) is 1.74. The molecule has 0 amide bonds. The lowest BCUT2D eigenvalue weighted by atomic mass is 9.84. The summed E-state index contributed by atoms with van der Waals surface area (Å²) in [6, 6.07) is 1.58. The standard InChI is InChI=1S/C14H23NO3S2/c1-3-14(6-4-5-7-14)10-15-20(17,18)13-8-12(9-16)19-11(13)2/h8,15-16H,3-7,9-10H2,1-2H3. The number of hydrogen-bond donors (Lipinski definition) is 2. The molecule has 0 radical (unpaired) electrons. The second-order valence-electron chi connectivity index (χ2n) is 5.68. The highest BCUT2D eigenvalue weighted by Crippen LogP contribution is 2.40. The maximum atomic E-state index is 12.4. The number of thiophene rings is 1. The van der Waals surface area contributed by atoms with Gasteiger partial charge in [0, 0.05) is 16.3 Å². The maximum Gasteiger partial charge on any atom is 0.241 e. The molecule has 6 heteroatoms. The van der Waals surface area contributed by atoms with Gasteiger partial charge in [0.2, 0.25) is 10.0 Å². The molecule has 1 saturated carbocycles. The number of nitrogens with one attached hydrogen (secondary N) is 1. The zero-order chi connectivity index (χ0) is 14.8. The molecular formula is C14H23NO3S2. The van der Waals surface area contributed by atoms with E-state index >= 15 is 0 Å². The van der Waals surface area contributed by atoms with Crippen molar-refractivity contribution in [1.29, 1.82) is 0 Å². The lowest BCUT2D eigenvalue weighted by molar-refractivity contribution is 0.285. The van der Waals surface area contributed by atoms with Crippen LogP contribution >= 0.6 is 11.3 Å². The lowest BCUT2D eigenvalue weighted by Gasteiger charge is -2.27. The van der Waals surface area contributed by atoms with E-state index in [1.807, 2.05) is 0 Å². The van der Waals surface area contributed by atoms with Crippen LogP contribution < -0.4 is 4.72 Å². The van der Waals surface area contributed by atoms with Crippen molar-refractivity contribution in [3.63, 3.8) is 0 Å². The van der Waals surface area contributed by atoms with Crippen molar-refractivity contribution in [2.24, 2.45) is 5.41 Å². The average Bonchev–Trinajstić information content (AvgIpc) is 3.04. The Morgan fingerprint density at radius 3 is 2.55 bits per heavy atom. The molecular weight excluding hydrogens is 294 g/mol. The van der Waals surface area contributed by atoms with Crippen molar-refractivity contribution in [2.45, 2.75) is 57.5 Å². The van der Waals surface area contributed by atoms with Crippen molar-refractivity contribution in [2.75, 3.05) is 6.54 Å². The van der Waals surface area contributed by atoms with Crippen molar-refractivity contribution in [1.82, 2.24) is 4.72 Å². The molecule has 2 N–H and O–H groups in total. The maximum absolute atomic E-state index is 12.4. The number of hydrogen-bond acceptors (Lipinski definition) is 4. The molecule has 2 rings (SSSR count). The second-order valence-corrected chi connectivity index (χ2v) is 8.75. The van der Waals surface area contributed by atoms with Crippen LogP contribution in [0.3, 0.4) is 0 Å². The van der Waals surface area contributed by atoms with E-state index in [9.17, 15) is 8.42 Å². The fraction of sp³-hybridized carbons (Fsp3) is 0.714. The van der Waals surface area contributed by atoms with Crippen LogP contribution in [-0.4, -0.2) is 20.1 Å². The van der Waals surface area contributed by atoms with Crippen LogP contribution in [0.25, 0.3) is 0 Å². The molecule has 1 aromatic heterocycles. The summed E-state index contributed by atoms with van der Waals surface area (Å²) in [6.07, 6.45) is 5.62. The third-order valence-corrected chi connectivity index (χ3v) is 7.11. The molecule has 20 heavy (non-hydrogen) atoms. The molecule has 0 aliphatic heterocycles. The molecule has 1 heterocycles. The molecule has 0 bridgehead atoms. The number of aryl methyl sites for hydroxylation is 1. The summed E-state index contributed by atoms with van der Waals surface area (Å²) in [5.74, 6) is 0. The fourth-order valence-corrected chi connectivity index (χ4v) is 5.63. The molecule has 1 aliphatic rings. The number of sulfonamides is 1. The van der Waals surface area contributed by atoms with E-state index < -0.39 is 10.0 Å². The van der Waals surface area contributed by atoms with Gasteiger partial charge in [-0.2, -0.15) is 0 Å². The van der Waals surface area contributed by atoms with Crippen LogP contribution in [0.4, 0.5) is 0 Å². The highest BCUT2D eigenvalue weighted by molar-refractivity contribution is 7.89. The summed E-state index contributed by atoms with van der Waals surface area (Å²) < 4.78 is 27.6. The Morgan fingerprint density at radius 1 is 1.40 bits per heavy atom. The van der Waals surface area contributed by atoms with E-state index in [4.69, 9.17) is 5.11 Å². The van der Waals surface area contributed by atoms with Gasteiger partial charge in [-0.1, -0.05) is 19.8 Å². The lowest BCUT2D eigenvalue weighted by Crippen LogP contribution is -2.35. The Morgan fingerprint density at radius 2 is 2.05 bits per heavy atom. The third-order valence-electron chi connectivity index (χ3n) is 4.42.